The Hall–Kier alpha value is -0.610. The zero-order valence-corrected chi connectivity index (χ0v) is 9.99. The van der Waals surface area contributed by atoms with Gasteiger partial charge in [-0.3, -0.25) is 4.79 Å². The molecule has 1 rings (SSSR count). The molecule has 1 aliphatic heterocycles. The monoisotopic (exact) mass is 213 g/mol. The van der Waals surface area contributed by atoms with Crippen LogP contribution in [0.1, 0.15) is 27.2 Å². The highest BCUT2D eigenvalue weighted by atomic mass is 16.2. The smallest absolute Gasteiger partial charge is 0.236 e. The van der Waals surface area contributed by atoms with E-state index in [1.54, 1.807) is 6.92 Å². The minimum absolute atomic E-state index is 0.0435. The molecule has 0 spiro atoms. The van der Waals surface area contributed by atoms with Crippen LogP contribution >= 0.6 is 0 Å². The van der Waals surface area contributed by atoms with E-state index in [-0.39, 0.29) is 5.91 Å². The van der Waals surface area contributed by atoms with Crippen molar-refractivity contribution in [3.63, 3.8) is 0 Å². The molecule has 0 radical (unpaired) electrons. The third kappa shape index (κ3) is 3.80. The first-order valence-corrected chi connectivity index (χ1v) is 5.78. The van der Waals surface area contributed by atoms with Gasteiger partial charge < -0.3 is 16.0 Å². The second kappa shape index (κ2) is 5.47. The van der Waals surface area contributed by atoms with Crippen molar-refractivity contribution in [3.05, 3.63) is 0 Å². The summed E-state index contributed by atoms with van der Waals surface area (Å²) in [5, 5.41) is 2.89. The van der Waals surface area contributed by atoms with Crippen molar-refractivity contribution in [1.29, 1.82) is 0 Å². The molecule has 1 amide bonds. The molecule has 15 heavy (non-hydrogen) atoms. The molecule has 0 saturated carbocycles. The first kappa shape index (κ1) is 12.5. The highest BCUT2D eigenvalue weighted by Crippen LogP contribution is 2.17. The Kier molecular flexibility index (Phi) is 4.54. The minimum atomic E-state index is -0.396. The highest BCUT2D eigenvalue weighted by molar-refractivity contribution is 5.80. The number of likely N-dealkylation sites (tertiary alicyclic amines) is 1. The first-order chi connectivity index (χ1) is 7.00. The Bertz CT molecular complexity index is 216. The Morgan fingerprint density at radius 3 is 2.67 bits per heavy atom. The van der Waals surface area contributed by atoms with Crippen molar-refractivity contribution in [2.45, 2.75) is 39.3 Å². The van der Waals surface area contributed by atoms with Crippen LogP contribution in [0.2, 0.25) is 0 Å². The molecule has 0 aliphatic carbocycles. The Labute approximate surface area is 92.2 Å². The molecule has 2 atom stereocenters. The topological polar surface area (TPSA) is 58.4 Å². The number of nitrogens with two attached hydrogens (primary N) is 1. The molecule has 0 aromatic heterocycles. The number of rotatable bonds is 4. The third-order valence-corrected chi connectivity index (χ3v) is 3.03. The highest BCUT2D eigenvalue weighted by Gasteiger charge is 2.24. The molecule has 0 aromatic carbocycles. The van der Waals surface area contributed by atoms with E-state index in [0.29, 0.717) is 12.0 Å². The molecule has 3 N–H and O–H groups in total. The molecule has 1 unspecified atom stereocenters. The van der Waals surface area contributed by atoms with Crippen LogP contribution in [-0.4, -0.2) is 42.5 Å². The van der Waals surface area contributed by atoms with Crippen molar-refractivity contribution < 1.29 is 4.79 Å². The fraction of sp³-hybridized carbons (Fsp3) is 0.909. The van der Waals surface area contributed by atoms with E-state index in [2.05, 4.69) is 24.1 Å². The predicted molar refractivity (Wildman–Crippen MR) is 61.5 cm³/mol. The standard InChI is InChI=1S/C11H23N3O/c1-8(2)14-5-4-10(7-14)6-13-11(15)9(3)12/h8-10H,4-7,12H2,1-3H3,(H,13,15)/t9-,10?/m1/s1. The maximum absolute atomic E-state index is 11.3. The first-order valence-electron chi connectivity index (χ1n) is 5.78. The van der Waals surface area contributed by atoms with Crippen molar-refractivity contribution in [2.75, 3.05) is 19.6 Å². The van der Waals surface area contributed by atoms with Gasteiger partial charge in [-0.05, 0) is 39.7 Å². The van der Waals surface area contributed by atoms with Gasteiger partial charge in [0.25, 0.3) is 0 Å². The molecule has 0 bridgehead atoms. The van der Waals surface area contributed by atoms with Crippen molar-refractivity contribution in [2.24, 2.45) is 11.7 Å². The SMILES string of the molecule is CC(C)N1CCC(CNC(=O)[C@@H](C)N)C1. The summed E-state index contributed by atoms with van der Waals surface area (Å²) in [6.45, 7) is 9.15. The van der Waals surface area contributed by atoms with Crippen LogP contribution in [0.25, 0.3) is 0 Å². The van der Waals surface area contributed by atoms with Gasteiger partial charge in [-0.15, -0.1) is 0 Å². The van der Waals surface area contributed by atoms with E-state index < -0.39 is 6.04 Å². The van der Waals surface area contributed by atoms with Gasteiger partial charge >= 0.3 is 0 Å². The average molecular weight is 213 g/mol. The summed E-state index contributed by atoms with van der Waals surface area (Å²) < 4.78 is 0. The average Bonchev–Trinajstić information content (AvgIpc) is 2.62. The summed E-state index contributed by atoms with van der Waals surface area (Å²) in [4.78, 5) is 13.7. The number of nitrogens with one attached hydrogen (secondary N) is 1. The number of carbonyl (C=O) groups is 1. The van der Waals surface area contributed by atoms with Gasteiger partial charge in [0, 0.05) is 19.1 Å². The van der Waals surface area contributed by atoms with Crippen molar-refractivity contribution in [3.8, 4) is 0 Å². The zero-order chi connectivity index (χ0) is 11.4. The van der Waals surface area contributed by atoms with Gasteiger partial charge in [-0.2, -0.15) is 0 Å². The van der Waals surface area contributed by atoms with E-state index in [9.17, 15) is 4.79 Å². The van der Waals surface area contributed by atoms with E-state index in [4.69, 9.17) is 5.73 Å². The maximum Gasteiger partial charge on any atom is 0.236 e. The largest absolute Gasteiger partial charge is 0.354 e. The summed E-state index contributed by atoms with van der Waals surface area (Å²) in [6, 6.07) is 0.215. The molecule has 1 saturated heterocycles. The van der Waals surface area contributed by atoms with E-state index in [1.165, 1.54) is 6.42 Å². The molecule has 1 aliphatic rings. The van der Waals surface area contributed by atoms with E-state index >= 15 is 0 Å². The van der Waals surface area contributed by atoms with Gasteiger partial charge in [0.15, 0.2) is 0 Å². The lowest BCUT2D eigenvalue weighted by atomic mass is 10.1. The lowest BCUT2D eigenvalue weighted by Gasteiger charge is -2.20. The van der Waals surface area contributed by atoms with Gasteiger partial charge in [-0.1, -0.05) is 0 Å². The maximum atomic E-state index is 11.3. The number of hydrogen-bond acceptors (Lipinski definition) is 3. The summed E-state index contributed by atoms with van der Waals surface area (Å²) in [5.41, 5.74) is 5.47. The van der Waals surface area contributed by atoms with E-state index in [0.717, 1.165) is 19.6 Å². The van der Waals surface area contributed by atoms with Crippen LogP contribution < -0.4 is 11.1 Å². The fourth-order valence-electron chi connectivity index (χ4n) is 1.90. The number of hydrogen-bond donors (Lipinski definition) is 2. The van der Waals surface area contributed by atoms with Crippen molar-refractivity contribution in [1.82, 2.24) is 10.2 Å². The van der Waals surface area contributed by atoms with Crippen molar-refractivity contribution >= 4 is 5.91 Å². The molecule has 4 heteroatoms. The van der Waals surface area contributed by atoms with Gasteiger partial charge in [-0.25, -0.2) is 0 Å². The summed E-state index contributed by atoms with van der Waals surface area (Å²) >= 11 is 0. The van der Waals surface area contributed by atoms with Crippen LogP contribution in [0.4, 0.5) is 0 Å². The lowest BCUT2D eigenvalue weighted by molar-refractivity contribution is -0.122. The lowest BCUT2D eigenvalue weighted by Crippen LogP contribution is -2.41. The molecule has 1 fully saturated rings. The number of amides is 1. The van der Waals surface area contributed by atoms with Gasteiger partial charge in [0.2, 0.25) is 5.91 Å². The fourth-order valence-corrected chi connectivity index (χ4v) is 1.90. The molecule has 1 heterocycles. The van der Waals surface area contributed by atoms with Crippen LogP contribution in [0, 0.1) is 5.92 Å². The molecular formula is C11H23N3O. The second-order valence-electron chi connectivity index (χ2n) is 4.78. The Morgan fingerprint density at radius 2 is 2.20 bits per heavy atom. The zero-order valence-electron chi connectivity index (χ0n) is 9.99. The second-order valence-corrected chi connectivity index (χ2v) is 4.78. The van der Waals surface area contributed by atoms with Crippen LogP contribution in [0.3, 0.4) is 0 Å². The Morgan fingerprint density at radius 1 is 1.53 bits per heavy atom. The number of nitrogens with zero attached hydrogens (tertiary/aromatic N) is 1. The van der Waals surface area contributed by atoms with Gasteiger partial charge in [0.05, 0.1) is 6.04 Å². The minimum Gasteiger partial charge on any atom is -0.354 e. The van der Waals surface area contributed by atoms with Crippen LogP contribution in [0.15, 0.2) is 0 Å². The molecular weight excluding hydrogens is 190 g/mol. The normalized spacial score (nSPS) is 24.5. The summed E-state index contributed by atoms with van der Waals surface area (Å²) in [6.07, 6.45) is 1.18. The van der Waals surface area contributed by atoms with Crippen LogP contribution in [0.5, 0.6) is 0 Å². The predicted octanol–water partition coefficient (Wildman–Crippen LogP) is 0.180. The summed E-state index contributed by atoms with van der Waals surface area (Å²) in [5.74, 6) is 0.549. The Balaban J connectivity index is 2.22. The molecule has 4 nitrogen and oxygen atoms in total. The molecule has 0 aromatic rings. The quantitative estimate of drug-likeness (QED) is 0.700. The third-order valence-electron chi connectivity index (χ3n) is 3.03. The van der Waals surface area contributed by atoms with E-state index in [1.807, 2.05) is 0 Å². The molecule has 88 valence electrons. The number of carbonyl (C=O) groups excluding carboxylic acids is 1. The summed E-state index contributed by atoms with van der Waals surface area (Å²) in [7, 11) is 0. The van der Waals surface area contributed by atoms with Crippen LogP contribution in [-0.2, 0) is 4.79 Å². The van der Waals surface area contributed by atoms with Gasteiger partial charge in [0.1, 0.15) is 0 Å².